The van der Waals surface area contributed by atoms with Crippen molar-refractivity contribution in [2.75, 3.05) is 18.2 Å². The van der Waals surface area contributed by atoms with Crippen molar-refractivity contribution in [3.8, 4) is 5.75 Å². The maximum atomic E-state index is 12.3. The van der Waals surface area contributed by atoms with Gasteiger partial charge in [0.1, 0.15) is 5.75 Å². The number of pyridine rings is 1. The Morgan fingerprint density at radius 2 is 2.08 bits per heavy atom. The van der Waals surface area contributed by atoms with Gasteiger partial charge in [-0.25, -0.2) is 0 Å². The van der Waals surface area contributed by atoms with Crippen LogP contribution in [-0.2, 0) is 11.2 Å². The van der Waals surface area contributed by atoms with Crippen LogP contribution in [0, 0.1) is 0 Å². The van der Waals surface area contributed by atoms with Crippen LogP contribution in [-0.4, -0.2) is 18.0 Å². The third kappa shape index (κ3) is 3.41. The number of ether oxygens (including phenoxy) is 1. The summed E-state index contributed by atoms with van der Waals surface area (Å²) in [7, 11) is 1.53. The Kier molecular flexibility index (Phi) is 4.53. The molecule has 2 aromatic carbocycles. The highest BCUT2D eigenvalue weighted by atomic mass is 35.5. The average Bonchev–Trinajstić information content (AvgIpc) is 2.56. The van der Waals surface area contributed by atoms with E-state index < -0.39 is 0 Å². The number of fused-ring (bicyclic) bond motifs is 1. The van der Waals surface area contributed by atoms with Gasteiger partial charge in [-0.2, -0.15) is 0 Å². The van der Waals surface area contributed by atoms with E-state index in [0.29, 0.717) is 33.4 Å². The van der Waals surface area contributed by atoms with E-state index >= 15 is 0 Å². The minimum atomic E-state index is -0.211. The third-order valence-electron chi connectivity index (χ3n) is 3.59. The quantitative estimate of drug-likeness (QED) is 0.710. The van der Waals surface area contributed by atoms with Gasteiger partial charge >= 0.3 is 0 Å². The van der Waals surface area contributed by atoms with E-state index in [-0.39, 0.29) is 12.3 Å². The number of rotatable bonds is 4. The lowest BCUT2D eigenvalue weighted by Crippen LogP contribution is -2.15. The number of benzene rings is 2. The molecule has 0 spiro atoms. The molecule has 0 aliphatic carbocycles. The molecule has 0 saturated carbocycles. The molecule has 1 aromatic heterocycles. The largest absolute Gasteiger partial charge is 0.495 e. The first-order valence-electron chi connectivity index (χ1n) is 7.34. The van der Waals surface area contributed by atoms with Gasteiger partial charge in [-0.05, 0) is 30.3 Å². The number of carbonyl (C=O) groups is 1. The van der Waals surface area contributed by atoms with Crippen molar-refractivity contribution in [1.29, 1.82) is 0 Å². The van der Waals surface area contributed by atoms with Gasteiger partial charge in [0, 0.05) is 10.4 Å². The summed E-state index contributed by atoms with van der Waals surface area (Å²) in [5.41, 5.74) is 8.39. The summed E-state index contributed by atoms with van der Waals surface area (Å²) in [6, 6.07) is 14.4. The Balaban J connectivity index is 1.80. The molecule has 0 atom stereocenters. The van der Waals surface area contributed by atoms with Crippen LogP contribution in [0.25, 0.3) is 10.9 Å². The van der Waals surface area contributed by atoms with E-state index in [0.717, 1.165) is 5.39 Å². The number of methoxy groups -OCH3 is 1. The topological polar surface area (TPSA) is 77.2 Å². The molecule has 3 aromatic rings. The molecule has 6 heteroatoms. The molecule has 0 fully saturated rings. The van der Waals surface area contributed by atoms with E-state index in [9.17, 15) is 4.79 Å². The molecular formula is C18H16ClN3O2. The summed E-state index contributed by atoms with van der Waals surface area (Å²) in [4.78, 5) is 16.8. The van der Waals surface area contributed by atoms with Crippen molar-refractivity contribution in [1.82, 2.24) is 4.98 Å². The Bertz CT molecular complexity index is 912. The molecule has 0 saturated heterocycles. The zero-order valence-electron chi connectivity index (χ0n) is 13.0. The smallest absolute Gasteiger partial charge is 0.230 e. The molecule has 0 aliphatic heterocycles. The maximum absolute atomic E-state index is 12.3. The van der Waals surface area contributed by atoms with E-state index in [2.05, 4.69) is 10.3 Å². The SMILES string of the molecule is COc1ccc(Cl)cc1NC(=O)Cc1ccc2cccc(N)c2n1. The number of nitrogens with zero attached hydrogens (tertiary/aromatic N) is 1. The van der Waals surface area contributed by atoms with Crippen LogP contribution < -0.4 is 15.8 Å². The maximum Gasteiger partial charge on any atom is 0.230 e. The molecule has 122 valence electrons. The van der Waals surface area contributed by atoms with Gasteiger partial charge in [-0.1, -0.05) is 29.8 Å². The number of hydrogen-bond donors (Lipinski definition) is 2. The predicted molar refractivity (Wildman–Crippen MR) is 96.5 cm³/mol. The summed E-state index contributed by atoms with van der Waals surface area (Å²) in [6.45, 7) is 0. The Morgan fingerprint density at radius 3 is 2.88 bits per heavy atom. The summed E-state index contributed by atoms with van der Waals surface area (Å²) in [5, 5.41) is 4.25. The van der Waals surface area contributed by atoms with Crippen molar-refractivity contribution < 1.29 is 9.53 Å². The molecule has 1 amide bonds. The number of anilines is 2. The first-order valence-corrected chi connectivity index (χ1v) is 7.72. The van der Waals surface area contributed by atoms with Gasteiger partial charge in [0.15, 0.2) is 0 Å². The standard InChI is InChI=1S/C18H16ClN3O2/c1-24-16-8-6-12(19)9-15(16)22-17(23)10-13-7-5-11-3-2-4-14(20)18(11)21-13/h2-9H,10,20H2,1H3,(H,22,23). The molecule has 5 nitrogen and oxygen atoms in total. The lowest BCUT2D eigenvalue weighted by Gasteiger charge is -2.11. The van der Waals surface area contributed by atoms with Crippen LogP contribution in [0.4, 0.5) is 11.4 Å². The molecule has 0 radical (unpaired) electrons. The molecule has 0 unspecified atom stereocenters. The lowest BCUT2D eigenvalue weighted by atomic mass is 10.1. The molecule has 0 aliphatic rings. The first kappa shape index (κ1) is 16.1. The summed E-state index contributed by atoms with van der Waals surface area (Å²) in [6.07, 6.45) is 0.125. The Labute approximate surface area is 144 Å². The van der Waals surface area contributed by atoms with Gasteiger partial charge in [0.2, 0.25) is 5.91 Å². The van der Waals surface area contributed by atoms with E-state index in [1.807, 2.05) is 24.3 Å². The van der Waals surface area contributed by atoms with E-state index in [1.165, 1.54) is 7.11 Å². The monoisotopic (exact) mass is 341 g/mol. The molecule has 3 rings (SSSR count). The lowest BCUT2D eigenvalue weighted by molar-refractivity contribution is -0.115. The number of para-hydroxylation sites is 1. The summed E-state index contributed by atoms with van der Waals surface area (Å²) >= 11 is 5.97. The predicted octanol–water partition coefficient (Wildman–Crippen LogP) is 3.66. The number of hydrogen-bond acceptors (Lipinski definition) is 4. The average molecular weight is 342 g/mol. The van der Waals surface area contributed by atoms with Crippen LogP contribution in [0.5, 0.6) is 5.75 Å². The highest BCUT2D eigenvalue weighted by molar-refractivity contribution is 6.31. The van der Waals surface area contributed by atoms with Crippen molar-refractivity contribution in [2.45, 2.75) is 6.42 Å². The highest BCUT2D eigenvalue weighted by Crippen LogP contribution is 2.27. The minimum Gasteiger partial charge on any atom is -0.495 e. The van der Waals surface area contributed by atoms with Gasteiger partial charge in [-0.15, -0.1) is 0 Å². The number of nitrogens with one attached hydrogen (secondary N) is 1. The zero-order valence-corrected chi connectivity index (χ0v) is 13.8. The van der Waals surface area contributed by atoms with Crippen LogP contribution in [0.2, 0.25) is 5.02 Å². The summed E-state index contributed by atoms with van der Waals surface area (Å²) in [5.74, 6) is 0.334. The van der Waals surface area contributed by atoms with Crippen molar-refractivity contribution in [2.24, 2.45) is 0 Å². The van der Waals surface area contributed by atoms with Crippen LogP contribution in [0.3, 0.4) is 0 Å². The Hall–Kier alpha value is -2.79. The normalized spacial score (nSPS) is 10.6. The van der Waals surface area contributed by atoms with Crippen LogP contribution in [0.15, 0.2) is 48.5 Å². The van der Waals surface area contributed by atoms with Crippen molar-refractivity contribution in [3.63, 3.8) is 0 Å². The second kappa shape index (κ2) is 6.76. The van der Waals surface area contributed by atoms with Gasteiger partial charge < -0.3 is 15.8 Å². The second-order valence-corrected chi connectivity index (χ2v) is 5.73. The van der Waals surface area contributed by atoms with E-state index in [1.54, 1.807) is 24.3 Å². The fourth-order valence-corrected chi connectivity index (χ4v) is 2.62. The summed E-state index contributed by atoms with van der Waals surface area (Å²) < 4.78 is 5.22. The third-order valence-corrected chi connectivity index (χ3v) is 3.82. The van der Waals surface area contributed by atoms with Gasteiger partial charge in [0.05, 0.1) is 36.1 Å². The van der Waals surface area contributed by atoms with Gasteiger partial charge in [-0.3, -0.25) is 9.78 Å². The van der Waals surface area contributed by atoms with E-state index in [4.69, 9.17) is 22.1 Å². The molecule has 24 heavy (non-hydrogen) atoms. The molecular weight excluding hydrogens is 326 g/mol. The Morgan fingerprint density at radius 1 is 1.25 bits per heavy atom. The number of halogens is 1. The van der Waals surface area contributed by atoms with Crippen molar-refractivity contribution >= 4 is 39.8 Å². The fraction of sp³-hybridized carbons (Fsp3) is 0.111. The van der Waals surface area contributed by atoms with Gasteiger partial charge in [0.25, 0.3) is 0 Å². The van der Waals surface area contributed by atoms with Crippen molar-refractivity contribution in [3.05, 3.63) is 59.2 Å². The number of carbonyl (C=O) groups excluding carboxylic acids is 1. The number of amides is 1. The molecule has 3 N–H and O–H groups in total. The van der Waals surface area contributed by atoms with Crippen LogP contribution >= 0.6 is 11.6 Å². The van der Waals surface area contributed by atoms with Crippen LogP contribution in [0.1, 0.15) is 5.69 Å². The molecule has 0 bridgehead atoms. The molecule has 1 heterocycles. The zero-order chi connectivity index (χ0) is 17.1. The minimum absolute atomic E-state index is 0.125. The number of nitrogens with two attached hydrogens (primary N) is 1. The second-order valence-electron chi connectivity index (χ2n) is 5.29. The number of nitrogen functional groups attached to an aromatic ring is 1. The highest BCUT2D eigenvalue weighted by Gasteiger charge is 2.11. The fourth-order valence-electron chi connectivity index (χ4n) is 2.45. The number of aromatic nitrogens is 1. The first-order chi connectivity index (χ1) is 11.6.